The number of amides is 1. The molecular formula is C28H23F6NO4. The van der Waals surface area contributed by atoms with Gasteiger partial charge in [0.2, 0.25) is 5.91 Å². The second-order valence-electron chi connectivity index (χ2n) is 9.30. The summed E-state index contributed by atoms with van der Waals surface area (Å²) in [7, 11) is 0. The predicted molar refractivity (Wildman–Crippen MR) is 127 cm³/mol. The largest absolute Gasteiger partial charge is 0.489 e. The number of carboxylic acids is 1. The predicted octanol–water partition coefficient (Wildman–Crippen LogP) is 6.48. The van der Waals surface area contributed by atoms with E-state index < -0.39 is 47.7 Å². The van der Waals surface area contributed by atoms with E-state index in [9.17, 15) is 41.0 Å². The van der Waals surface area contributed by atoms with Crippen LogP contribution in [0.2, 0.25) is 0 Å². The van der Waals surface area contributed by atoms with E-state index in [-0.39, 0.29) is 26.1 Å². The number of nitrogens with zero attached hydrogens (tertiary/aromatic N) is 1. The molecule has 1 N–H and O–H groups in total. The molecule has 5 nitrogen and oxygen atoms in total. The van der Waals surface area contributed by atoms with Crippen molar-refractivity contribution in [3.8, 4) is 5.75 Å². The number of aliphatic carboxylic acids is 1. The molecule has 0 aliphatic carbocycles. The third kappa shape index (κ3) is 7.10. The summed E-state index contributed by atoms with van der Waals surface area (Å²) in [6.07, 6.45) is -9.20. The molecule has 0 aromatic heterocycles. The van der Waals surface area contributed by atoms with Gasteiger partial charge in [-0.15, -0.1) is 0 Å². The fourth-order valence-corrected chi connectivity index (χ4v) is 4.41. The van der Waals surface area contributed by atoms with Crippen molar-refractivity contribution in [1.29, 1.82) is 0 Å². The molecule has 0 spiro atoms. The van der Waals surface area contributed by atoms with E-state index in [1.807, 2.05) is 0 Å². The average molecular weight is 551 g/mol. The molecule has 1 aliphatic heterocycles. The van der Waals surface area contributed by atoms with Gasteiger partial charge in [-0.1, -0.05) is 30.3 Å². The zero-order chi connectivity index (χ0) is 28.4. The third-order valence-electron chi connectivity index (χ3n) is 6.43. The van der Waals surface area contributed by atoms with Gasteiger partial charge in [0.05, 0.1) is 23.5 Å². The number of carboxylic acid groups (broad SMARTS) is 1. The van der Waals surface area contributed by atoms with Gasteiger partial charge in [0.25, 0.3) is 0 Å². The van der Waals surface area contributed by atoms with Crippen molar-refractivity contribution in [1.82, 2.24) is 4.90 Å². The molecule has 4 rings (SSSR count). The summed E-state index contributed by atoms with van der Waals surface area (Å²) in [6, 6.07) is 14.0. The van der Waals surface area contributed by atoms with E-state index in [0.29, 0.717) is 22.4 Å². The van der Waals surface area contributed by atoms with Gasteiger partial charge in [-0.25, -0.2) is 0 Å². The fourth-order valence-electron chi connectivity index (χ4n) is 4.41. The number of fused-ring (bicyclic) bond motifs is 1. The summed E-state index contributed by atoms with van der Waals surface area (Å²) in [5.74, 6) is -2.05. The molecule has 1 heterocycles. The highest BCUT2D eigenvalue weighted by atomic mass is 19.4. The minimum Gasteiger partial charge on any atom is -0.489 e. The zero-order valence-corrected chi connectivity index (χ0v) is 20.4. The van der Waals surface area contributed by atoms with Gasteiger partial charge in [-0.2, -0.15) is 26.3 Å². The Morgan fingerprint density at radius 3 is 1.95 bits per heavy atom. The Morgan fingerprint density at radius 2 is 1.41 bits per heavy atom. The molecule has 3 aromatic rings. The monoisotopic (exact) mass is 551 g/mol. The van der Waals surface area contributed by atoms with E-state index in [4.69, 9.17) is 4.74 Å². The van der Waals surface area contributed by atoms with Gasteiger partial charge in [-0.05, 0) is 65.1 Å². The summed E-state index contributed by atoms with van der Waals surface area (Å²) in [5, 5.41) is 9.33. The Balaban J connectivity index is 1.54. The molecule has 0 saturated carbocycles. The first kappa shape index (κ1) is 28.0. The summed E-state index contributed by atoms with van der Waals surface area (Å²) in [4.78, 5) is 26.1. The van der Waals surface area contributed by atoms with Crippen molar-refractivity contribution in [3.63, 3.8) is 0 Å². The van der Waals surface area contributed by atoms with Crippen LogP contribution in [-0.2, 0) is 48.1 Å². The number of rotatable bonds is 7. The lowest BCUT2D eigenvalue weighted by molar-refractivity contribution is -0.144. The molecule has 3 aromatic carbocycles. The Kier molecular flexibility index (Phi) is 7.89. The van der Waals surface area contributed by atoms with Crippen LogP contribution in [0.1, 0.15) is 39.8 Å². The highest BCUT2D eigenvalue weighted by Gasteiger charge is 2.33. The highest BCUT2D eigenvalue weighted by Crippen LogP contribution is 2.32. The summed E-state index contributed by atoms with van der Waals surface area (Å²) in [6.45, 7) is 0.0404. The van der Waals surface area contributed by atoms with E-state index in [1.165, 1.54) is 29.2 Å². The van der Waals surface area contributed by atoms with Crippen molar-refractivity contribution in [2.24, 2.45) is 5.92 Å². The van der Waals surface area contributed by atoms with Crippen molar-refractivity contribution in [3.05, 3.63) is 100 Å². The molecule has 206 valence electrons. The first-order valence-electron chi connectivity index (χ1n) is 11.9. The molecule has 1 atom stereocenters. The lowest BCUT2D eigenvalue weighted by Gasteiger charge is -2.24. The SMILES string of the molecule is O=C(O)CC1Cc2ccc(OCc3ccc(C(F)(F)F)cc3)cc2CN(Cc2ccc(C(F)(F)F)cc2)C1=O. The molecule has 0 radical (unpaired) electrons. The first-order chi connectivity index (χ1) is 18.3. The molecule has 1 amide bonds. The van der Waals surface area contributed by atoms with Crippen LogP contribution < -0.4 is 4.74 Å². The van der Waals surface area contributed by atoms with Crippen molar-refractivity contribution in [2.45, 2.75) is 44.9 Å². The van der Waals surface area contributed by atoms with Gasteiger partial charge in [0, 0.05) is 13.1 Å². The van der Waals surface area contributed by atoms with E-state index in [2.05, 4.69) is 0 Å². The maximum atomic E-state index is 13.2. The molecular weight excluding hydrogens is 528 g/mol. The molecule has 1 unspecified atom stereocenters. The Bertz CT molecular complexity index is 1330. The van der Waals surface area contributed by atoms with Gasteiger partial charge >= 0.3 is 18.3 Å². The first-order valence-corrected chi connectivity index (χ1v) is 11.9. The number of carbonyl (C=O) groups excluding carboxylic acids is 1. The number of ether oxygens (including phenoxy) is 1. The molecule has 1 aliphatic rings. The summed E-state index contributed by atoms with van der Waals surface area (Å²) < 4.78 is 82.9. The lowest BCUT2D eigenvalue weighted by atomic mass is 9.94. The van der Waals surface area contributed by atoms with Crippen LogP contribution in [0, 0.1) is 5.92 Å². The van der Waals surface area contributed by atoms with Crippen LogP contribution in [0.4, 0.5) is 26.3 Å². The van der Waals surface area contributed by atoms with Crippen molar-refractivity contribution in [2.75, 3.05) is 0 Å². The number of alkyl halides is 6. The van der Waals surface area contributed by atoms with Gasteiger partial charge in [0.1, 0.15) is 12.4 Å². The third-order valence-corrected chi connectivity index (χ3v) is 6.43. The maximum Gasteiger partial charge on any atom is 0.416 e. The van der Waals surface area contributed by atoms with Crippen LogP contribution >= 0.6 is 0 Å². The number of carbonyl (C=O) groups is 2. The number of halogens is 6. The average Bonchev–Trinajstić information content (AvgIpc) is 2.98. The van der Waals surface area contributed by atoms with Gasteiger partial charge in [-0.3, -0.25) is 9.59 Å². The minimum atomic E-state index is -4.50. The number of benzene rings is 3. The number of hydrogen-bond acceptors (Lipinski definition) is 3. The fraction of sp³-hybridized carbons (Fsp3) is 0.286. The lowest BCUT2D eigenvalue weighted by Crippen LogP contribution is -2.35. The maximum absolute atomic E-state index is 13.2. The topological polar surface area (TPSA) is 66.8 Å². The van der Waals surface area contributed by atoms with Crippen molar-refractivity contribution < 1.29 is 45.8 Å². The number of hydrogen-bond donors (Lipinski definition) is 1. The molecule has 11 heteroatoms. The standard InChI is InChI=1S/C28H23F6NO4/c29-27(30,31)22-6-1-17(2-7-22)14-35-15-21-12-24(10-5-19(21)11-20(26(35)38)13-25(36)37)39-16-18-3-8-23(9-4-18)28(32,33)34/h1-10,12,20H,11,13-16H2,(H,36,37). The van der Waals surface area contributed by atoms with Gasteiger partial charge < -0.3 is 14.7 Å². The van der Waals surface area contributed by atoms with Crippen LogP contribution in [0.3, 0.4) is 0 Å². The van der Waals surface area contributed by atoms with E-state index >= 15 is 0 Å². The summed E-state index contributed by atoms with van der Waals surface area (Å²) in [5.41, 5.74) is 0.768. The normalized spacial score (nSPS) is 16.0. The summed E-state index contributed by atoms with van der Waals surface area (Å²) >= 11 is 0. The molecule has 0 saturated heterocycles. The second kappa shape index (κ2) is 11.0. The molecule has 0 bridgehead atoms. The minimum absolute atomic E-state index is 0.00718. The Labute approximate surface area is 219 Å². The molecule has 39 heavy (non-hydrogen) atoms. The van der Waals surface area contributed by atoms with Gasteiger partial charge in [0.15, 0.2) is 0 Å². The Morgan fingerprint density at radius 1 is 0.846 bits per heavy atom. The second-order valence-corrected chi connectivity index (χ2v) is 9.30. The van der Waals surface area contributed by atoms with E-state index in [1.54, 1.807) is 18.2 Å². The highest BCUT2D eigenvalue weighted by molar-refractivity contribution is 5.84. The smallest absolute Gasteiger partial charge is 0.416 e. The quantitative estimate of drug-likeness (QED) is 0.342. The Hall–Kier alpha value is -4.02. The molecule has 0 fully saturated rings. The van der Waals surface area contributed by atoms with Crippen LogP contribution in [0.15, 0.2) is 66.7 Å². The van der Waals surface area contributed by atoms with Crippen LogP contribution in [0.5, 0.6) is 5.75 Å². The van der Waals surface area contributed by atoms with E-state index in [0.717, 1.165) is 29.8 Å². The zero-order valence-electron chi connectivity index (χ0n) is 20.4. The van der Waals surface area contributed by atoms with Crippen molar-refractivity contribution >= 4 is 11.9 Å². The van der Waals surface area contributed by atoms with Crippen LogP contribution in [0.25, 0.3) is 0 Å². The van der Waals surface area contributed by atoms with Crippen LogP contribution in [-0.4, -0.2) is 21.9 Å².